The molecule has 0 fully saturated rings. The quantitative estimate of drug-likeness (QED) is 0.554. The van der Waals surface area contributed by atoms with Crippen LogP contribution in [0.15, 0.2) is 52.1 Å². The highest BCUT2D eigenvalue weighted by atomic mass is 16.5. The van der Waals surface area contributed by atoms with Crippen molar-refractivity contribution in [1.29, 1.82) is 0 Å². The average Bonchev–Trinajstić information content (AvgIpc) is 3.24. The molecule has 1 amide bonds. The Hall–Kier alpha value is -3.06. The van der Waals surface area contributed by atoms with Gasteiger partial charge in [0.15, 0.2) is 11.5 Å². The van der Waals surface area contributed by atoms with Crippen LogP contribution in [0.2, 0.25) is 0 Å². The molecule has 3 rings (SSSR count). The Morgan fingerprint density at radius 2 is 2.04 bits per heavy atom. The van der Waals surface area contributed by atoms with Crippen LogP contribution in [0.4, 0.5) is 0 Å². The van der Waals surface area contributed by atoms with Crippen molar-refractivity contribution in [2.45, 2.75) is 19.4 Å². The summed E-state index contributed by atoms with van der Waals surface area (Å²) in [4.78, 5) is 27.3. The smallest absolute Gasteiger partial charge is 0.290 e. The van der Waals surface area contributed by atoms with Gasteiger partial charge in [0.25, 0.3) is 5.91 Å². The summed E-state index contributed by atoms with van der Waals surface area (Å²) in [5, 5.41) is 10.5. The molecule has 1 aromatic carbocycles. The van der Waals surface area contributed by atoms with Crippen LogP contribution in [0.5, 0.6) is 5.75 Å². The number of aliphatic hydroxyl groups excluding tert-OH is 1. The standard InChI is InChI=1S/C21H23NO6/c1-13-8-9-16(28-13)19(23)17-18(14-6-4-7-15(12-14)27-3)22(10-5-11-26-2)21(25)20(17)24/h4,6-9,12,18,24H,5,10-11H2,1-3H3/t18-/m1/s1. The molecule has 0 aliphatic carbocycles. The Morgan fingerprint density at radius 3 is 2.68 bits per heavy atom. The third-order valence-corrected chi connectivity index (χ3v) is 4.67. The van der Waals surface area contributed by atoms with Gasteiger partial charge in [0.1, 0.15) is 11.5 Å². The number of Topliss-reactive ketones (excluding diaryl/α,β-unsaturated/α-hetero) is 1. The van der Waals surface area contributed by atoms with Gasteiger partial charge in [0.2, 0.25) is 5.78 Å². The monoisotopic (exact) mass is 385 g/mol. The lowest BCUT2D eigenvalue weighted by molar-refractivity contribution is -0.129. The molecule has 0 radical (unpaired) electrons. The molecule has 2 heterocycles. The normalized spacial score (nSPS) is 16.8. The van der Waals surface area contributed by atoms with Gasteiger partial charge < -0.3 is 23.9 Å². The van der Waals surface area contributed by atoms with Crippen molar-refractivity contribution >= 4 is 11.7 Å². The number of hydrogen-bond donors (Lipinski definition) is 1. The van der Waals surface area contributed by atoms with Crippen molar-refractivity contribution in [3.63, 3.8) is 0 Å². The van der Waals surface area contributed by atoms with Gasteiger partial charge >= 0.3 is 0 Å². The van der Waals surface area contributed by atoms with Crippen molar-refractivity contribution in [2.75, 3.05) is 27.4 Å². The van der Waals surface area contributed by atoms with Gasteiger partial charge in [-0.15, -0.1) is 0 Å². The van der Waals surface area contributed by atoms with Gasteiger partial charge in [-0.25, -0.2) is 0 Å². The van der Waals surface area contributed by atoms with Crippen molar-refractivity contribution in [2.24, 2.45) is 0 Å². The molecule has 0 spiro atoms. The van der Waals surface area contributed by atoms with Crippen molar-refractivity contribution < 1.29 is 28.6 Å². The molecule has 0 saturated heterocycles. The van der Waals surface area contributed by atoms with E-state index in [-0.39, 0.29) is 11.3 Å². The third kappa shape index (κ3) is 3.66. The largest absolute Gasteiger partial charge is 0.503 e. The van der Waals surface area contributed by atoms with E-state index in [1.807, 2.05) is 0 Å². The fraction of sp³-hybridized carbons (Fsp3) is 0.333. The highest BCUT2D eigenvalue weighted by molar-refractivity contribution is 6.15. The van der Waals surface area contributed by atoms with E-state index >= 15 is 0 Å². The number of carbonyl (C=O) groups is 2. The van der Waals surface area contributed by atoms with E-state index in [0.717, 1.165) is 0 Å². The summed E-state index contributed by atoms with van der Waals surface area (Å²) in [6, 6.07) is 9.56. The number of furan rings is 1. The topological polar surface area (TPSA) is 89.2 Å². The Labute approximate surface area is 163 Å². The van der Waals surface area contributed by atoms with E-state index in [1.165, 1.54) is 4.90 Å². The fourth-order valence-corrected chi connectivity index (χ4v) is 3.34. The van der Waals surface area contributed by atoms with E-state index in [0.29, 0.717) is 36.6 Å². The minimum absolute atomic E-state index is 0.00465. The first-order chi connectivity index (χ1) is 13.5. The van der Waals surface area contributed by atoms with E-state index in [9.17, 15) is 14.7 Å². The van der Waals surface area contributed by atoms with Gasteiger partial charge in [0, 0.05) is 20.3 Å². The number of benzene rings is 1. The molecule has 7 nitrogen and oxygen atoms in total. The molecular weight excluding hydrogens is 362 g/mol. The number of nitrogens with zero attached hydrogens (tertiary/aromatic N) is 1. The average molecular weight is 385 g/mol. The van der Waals surface area contributed by atoms with E-state index in [2.05, 4.69) is 0 Å². The number of amides is 1. The van der Waals surface area contributed by atoms with Crippen LogP contribution in [0.25, 0.3) is 0 Å². The first kappa shape index (κ1) is 19.7. The Bertz CT molecular complexity index is 913. The zero-order valence-corrected chi connectivity index (χ0v) is 16.1. The molecule has 2 aromatic rings. The van der Waals surface area contributed by atoms with Crippen LogP contribution in [0, 0.1) is 6.92 Å². The lowest BCUT2D eigenvalue weighted by Gasteiger charge is -2.26. The fourth-order valence-electron chi connectivity index (χ4n) is 3.34. The van der Waals surface area contributed by atoms with Gasteiger partial charge in [-0.3, -0.25) is 9.59 Å². The summed E-state index contributed by atoms with van der Waals surface area (Å²) in [5.74, 6) is -0.407. The molecule has 1 N–H and O–H groups in total. The summed E-state index contributed by atoms with van der Waals surface area (Å²) in [6.07, 6.45) is 0.567. The highest BCUT2D eigenvalue weighted by Crippen LogP contribution is 2.40. The van der Waals surface area contributed by atoms with Crippen molar-refractivity contribution in [1.82, 2.24) is 4.90 Å². The number of methoxy groups -OCH3 is 2. The zero-order valence-electron chi connectivity index (χ0n) is 16.1. The predicted molar refractivity (Wildman–Crippen MR) is 101 cm³/mol. The number of rotatable bonds is 8. The molecule has 1 atom stereocenters. The maximum atomic E-state index is 13.1. The molecular formula is C21H23NO6. The van der Waals surface area contributed by atoms with Gasteiger partial charge in [-0.1, -0.05) is 12.1 Å². The summed E-state index contributed by atoms with van der Waals surface area (Å²) in [6.45, 7) is 2.50. The Balaban J connectivity index is 2.05. The first-order valence-corrected chi connectivity index (χ1v) is 8.96. The highest BCUT2D eigenvalue weighted by Gasteiger charge is 2.44. The molecule has 0 saturated carbocycles. The number of ether oxygens (including phenoxy) is 2. The van der Waals surface area contributed by atoms with Crippen molar-refractivity contribution in [3.8, 4) is 5.75 Å². The number of ketones is 1. The number of aryl methyl sites for hydroxylation is 1. The Morgan fingerprint density at radius 1 is 1.25 bits per heavy atom. The lowest BCUT2D eigenvalue weighted by atomic mass is 9.95. The molecule has 0 unspecified atom stereocenters. The molecule has 1 aliphatic heterocycles. The van der Waals surface area contributed by atoms with Gasteiger partial charge in [-0.2, -0.15) is 0 Å². The zero-order chi connectivity index (χ0) is 20.3. The second-order valence-corrected chi connectivity index (χ2v) is 6.53. The summed E-state index contributed by atoms with van der Waals surface area (Å²) < 4.78 is 15.8. The maximum Gasteiger partial charge on any atom is 0.290 e. The van der Waals surface area contributed by atoms with E-state index < -0.39 is 23.5 Å². The lowest BCUT2D eigenvalue weighted by Crippen LogP contribution is -2.32. The minimum Gasteiger partial charge on any atom is -0.503 e. The van der Waals surface area contributed by atoms with Gasteiger partial charge in [0.05, 0.1) is 18.7 Å². The molecule has 7 heteroatoms. The first-order valence-electron chi connectivity index (χ1n) is 8.96. The summed E-state index contributed by atoms with van der Waals surface area (Å²) in [5.41, 5.74) is 0.672. The van der Waals surface area contributed by atoms with E-state index in [1.54, 1.807) is 57.5 Å². The predicted octanol–water partition coefficient (Wildman–Crippen LogP) is 3.21. The second-order valence-electron chi connectivity index (χ2n) is 6.53. The van der Waals surface area contributed by atoms with Crippen LogP contribution < -0.4 is 4.74 Å². The second kappa shape index (κ2) is 8.31. The molecule has 28 heavy (non-hydrogen) atoms. The minimum atomic E-state index is -0.739. The van der Waals surface area contributed by atoms with Crippen LogP contribution in [-0.4, -0.2) is 49.1 Å². The van der Waals surface area contributed by atoms with Crippen LogP contribution in [0.1, 0.15) is 34.3 Å². The molecule has 1 aliphatic rings. The number of carbonyl (C=O) groups excluding carboxylic acids is 2. The molecule has 0 bridgehead atoms. The SMILES string of the molecule is COCCCN1C(=O)C(O)=C(C(=O)c2ccc(C)o2)[C@H]1c1cccc(OC)c1. The molecule has 148 valence electrons. The number of hydrogen-bond acceptors (Lipinski definition) is 6. The van der Waals surface area contributed by atoms with E-state index in [4.69, 9.17) is 13.9 Å². The summed E-state index contributed by atoms with van der Waals surface area (Å²) >= 11 is 0. The third-order valence-electron chi connectivity index (χ3n) is 4.67. The van der Waals surface area contributed by atoms with Gasteiger partial charge in [-0.05, 0) is 43.2 Å². The van der Waals surface area contributed by atoms with Crippen molar-refractivity contribution in [3.05, 3.63) is 64.8 Å². The Kier molecular flexibility index (Phi) is 5.84. The van der Waals surface area contributed by atoms with Crippen LogP contribution >= 0.6 is 0 Å². The molecule has 1 aromatic heterocycles. The van der Waals surface area contributed by atoms with Crippen LogP contribution in [0.3, 0.4) is 0 Å². The summed E-state index contributed by atoms with van der Waals surface area (Å²) in [7, 11) is 3.12. The van der Waals surface area contributed by atoms with Crippen LogP contribution in [-0.2, 0) is 9.53 Å². The maximum absolute atomic E-state index is 13.1. The number of aliphatic hydroxyl groups is 1.